The summed E-state index contributed by atoms with van der Waals surface area (Å²) in [5, 5.41) is 4.65. The zero-order valence-electron chi connectivity index (χ0n) is 13.1. The van der Waals surface area contributed by atoms with Gasteiger partial charge in [-0.25, -0.2) is 0 Å². The topological polar surface area (TPSA) is 12.0 Å². The summed E-state index contributed by atoms with van der Waals surface area (Å²) in [7, 11) is 0. The number of hydrogen-bond acceptors (Lipinski definition) is 1. The van der Waals surface area contributed by atoms with Crippen LogP contribution in [-0.4, -0.2) is 6.54 Å². The standard InChI is InChI=1S/C18H28ClN/c1-4-9-20-18(12-15-7-5-6-8-15)16-10-13(2)14(3)11-17(16)19/h10-11,15,18,20H,4-9,12H2,1-3H3. The van der Waals surface area contributed by atoms with E-state index in [4.69, 9.17) is 11.6 Å². The van der Waals surface area contributed by atoms with E-state index in [9.17, 15) is 0 Å². The summed E-state index contributed by atoms with van der Waals surface area (Å²) >= 11 is 6.52. The summed E-state index contributed by atoms with van der Waals surface area (Å²) in [5.41, 5.74) is 3.93. The van der Waals surface area contributed by atoms with Crippen LogP contribution in [0, 0.1) is 19.8 Å². The summed E-state index contributed by atoms with van der Waals surface area (Å²) in [4.78, 5) is 0. The minimum Gasteiger partial charge on any atom is -0.310 e. The molecule has 1 N–H and O–H groups in total. The van der Waals surface area contributed by atoms with Crippen molar-refractivity contribution in [3.63, 3.8) is 0 Å². The maximum atomic E-state index is 6.52. The normalized spacial score (nSPS) is 17.6. The van der Waals surface area contributed by atoms with E-state index >= 15 is 0 Å². The van der Waals surface area contributed by atoms with Gasteiger partial charge in [-0.3, -0.25) is 0 Å². The number of benzene rings is 1. The van der Waals surface area contributed by atoms with Crippen molar-refractivity contribution in [2.24, 2.45) is 5.92 Å². The van der Waals surface area contributed by atoms with Gasteiger partial charge in [0.15, 0.2) is 0 Å². The van der Waals surface area contributed by atoms with Crippen LogP contribution in [0.25, 0.3) is 0 Å². The number of aryl methyl sites for hydroxylation is 2. The molecule has 0 amide bonds. The number of hydrogen-bond donors (Lipinski definition) is 1. The predicted octanol–water partition coefficient (Wildman–Crippen LogP) is 5.58. The van der Waals surface area contributed by atoms with E-state index in [1.165, 1.54) is 55.2 Å². The van der Waals surface area contributed by atoms with Gasteiger partial charge < -0.3 is 5.32 Å². The summed E-state index contributed by atoms with van der Waals surface area (Å²) in [6.07, 6.45) is 8.02. The van der Waals surface area contributed by atoms with E-state index in [0.29, 0.717) is 6.04 Å². The van der Waals surface area contributed by atoms with Gasteiger partial charge in [-0.1, -0.05) is 50.3 Å². The van der Waals surface area contributed by atoms with Gasteiger partial charge in [0.05, 0.1) is 0 Å². The van der Waals surface area contributed by atoms with Gasteiger partial charge in [0, 0.05) is 11.1 Å². The van der Waals surface area contributed by atoms with Crippen LogP contribution in [0.15, 0.2) is 12.1 Å². The second-order valence-corrected chi connectivity index (χ2v) is 6.76. The molecule has 1 aromatic rings. The molecular formula is C18H28ClN. The molecule has 0 heterocycles. The molecule has 0 spiro atoms. The maximum Gasteiger partial charge on any atom is 0.0456 e. The summed E-state index contributed by atoms with van der Waals surface area (Å²) in [6, 6.07) is 4.84. The van der Waals surface area contributed by atoms with E-state index in [-0.39, 0.29) is 0 Å². The molecule has 1 fully saturated rings. The van der Waals surface area contributed by atoms with Crippen LogP contribution >= 0.6 is 11.6 Å². The lowest BCUT2D eigenvalue weighted by Gasteiger charge is -2.24. The molecule has 0 radical (unpaired) electrons. The Hall–Kier alpha value is -0.530. The van der Waals surface area contributed by atoms with Gasteiger partial charge >= 0.3 is 0 Å². The average Bonchev–Trinajstić information content (AvgIpc) is 2.92. The van der Waals surface area contributed by atoms with Crippen molar-refractivity contribution < 1.29 is 0 Å². The third kappa shape index (κ3) is 3.99. The molecule has 112 valence electrons. The SMILES string of the molecule is CCCNC(CC1CCCC1)c1cc(C)c(C)cc1Cl. The first-order valence-electron chi connectivity index (χ1n) is 8.11. The smallest absolute Gasteiger partial charge is 0.0456 e. The number of halogens is 1. The molecule has 0 aromatic heterocycles. The maximum absolute atomic E-state index is 6.52. The minimum atomic E-state index is 0.421. The molecule has 1 aliphatic rings. The predicted molar refractivity (Wildman–Crippen MR) is 88.5 cm³/mol. The highest BCUT2D eigenvalue weighted by Crippen LogP contribution is 2.36. The lowest BCUT2D eigenvalue weighted by atomic mass is 9.91. The van der Waals surface area contributed by atoms with Gasteiger partial charge in [0.25, 0.3) is 0 Å². The van der Waals surface area contributed by atoms with E-state index in [1.54, 1.807) is 0 Å². The third-order valence-electron chi connectivity index (χ3n) is 4.67. The van der Waals surface area contributed by atoms with Crippen molar-refractivity contribution in [1.29, 1.82) is 0 Å². The Kier molecular flexibility index (Phi) is 5.92. The highest BCUT2D eigenvalue weighted by molar-refractivity contribution is 6.31. The molecule has 20 heavy (non-hydrogen) atoms. The van der Waals surface area contributed by atoms with Crippen molar-refractivity contribution >= 4 is 11.6 Å². The Morgan fingerprint density at radius 1 is 1.20 bits per heavy atom. The lowest BCUT2D eigenvalue weighted by Crippen LogP contribution is -2.24. The van der Waals surface area contributed by atoms with E-state index in [1.807, 2.05) is 0 Å². The van der Waals surface area contributed by atoms with Crippen molar-refractivity contribution in [1.82, 2.24) is 5.32 Å². The second-order valence-electron chi connectivity index (χ2n) is 6.35. The van der Waals surface area contributed by atoms with Crippen LogP contribution in [-0.2, 0) is 0 Å². The fourth-order valence-corrected chi connectivity index (χ4v) is 3.64. The molecule has 2 heteroatoms. The first kappa shape index (κ1) is 15.9. The van der Waals surface area contributed by atoms with Crippen molar-refractivity contribution in [3.8, 4) is 0 Å². The molecule has 2 rings (SSSR count). The Morgan fingerprint density at radius 3 is 2.50 bits per heavy atom. The third-order valence-corrected chi connectivity index (χ3v) is 5.00. The number of rotatable bonds is 6. The van der Waals surface area contributed by atoms with E-state index in [0.717, 1.165) is 17.5 Å². The quantitative estimate of drug-likeness (QED) is 0.722. The van der Waals surface area contributed by atoms with Crippen molar-refractivity contribution in [2.75, 3.05) is 6.54 Å². The molecule has 1 nitrogen and oxygen atoms in total. The van der Waals surface area contributed by atoms with E-state index < -0.39 is 0 Å². The zero-order chi connectivity index (χ0) is 14.5. The minimum absolute atomic E-state index is 0.421. The summed E-state index contributed by atoms with van der Waals surface area (Å²) in [6.45, 7) is 7.61. The Morgan fingerprint density at radius 2 is 1.85 bits per heavy atom. The average molecular weight is 294 g/mol. The van der Waals surface area contributed by atoms with Gasteiger partial charge in [-0.2, -0.15) is 0 Å². The molecule has 1 atom stereocenters. The first-order chi connectivity index (χ1) is 9.61. The van der Waals surface area contributed by atoms with Crippen LogP contribution in [0.1, 0.15) is 68.2 Å². The monoisotopic (exact) mass is 293 g/mol. The highest BCUT2D eigenvalue weighted by atomic mass is 35.5. The fourth-order valence-electron chi connectivity index (χ4n) is 3.29. The first-order valence-corrected chi connectivity index (χ1v) is 8.49. The van der Waals surface area contributed by atoms with Crippen molar-refractivity contribution in [2.45, 2.75) is 65.3 Å². The van der Waals surface area contributed by atoms with Gasteiger partial charge in [0.1, 0.15) is 0 Å². The molecule has 0 aliphatic heterocycles. The van der Waals surface area contributed by atoms with Crippen LogP contribution in [0.5, 0.6) is 0 Å². The van der Waals surface area contributed by atoms with Gasteiger partial charge in [-0.05, 0) is 61.9 Å². The molecule has 1 aromatic carbocycles. The molecule has 0 saturated heterocycles. The van der Waals surface area contributed by atoms with Gasteiger partial charge in [-0.15, -0.1) is 0 Å². The van der Waals surface area contributed by atoms with Crippen LogP contribution in [0.3, 0.4) is 0 Å². The fraction of sp³-hybridized carbons (Fsp3) is 0.667. The van der Waals surface area contributed by atoms with Crippen LogP contribution in [0.4, 0.5) is 0 Å². The highest BCUT2D eigenvalue weighted by Gasteiger charge is 2.22. The summed E-state index contributed by atoms with van der Waals surface area (Å²) < 4.78 is 0. The molecule has 1 unspecified atom stereocenters. The Bertz CT molecular complexity index is 435. The number of nitrogens with one attached hydrogen (secondary N) is 1. The van der Waals surface area contributed by atoms with E-state index in [2.05, 4.69) is 38.2 Å². The van der Waals surface area contributed by atoms with Crippen molar-refractivity contribution in [3.05, 3.63) is 33.8 Å². The molecule has 1 saturated carbocycles. The van der Waals surface area contributed by atoms with Gasteiger partial charge in [0.2, 0.25) is 0 Å². The van der Waals surface area contributed by atoms with Crippen LogP contribution < -0.4 is 5.32 Å². The Labute approximate surface area is 129 Å². The zero-order valence-corrected chi connectivity index (χ0v) is 13.9. The summed E-state index contributed by atoms with van der Waals surface area (Å²) in [5.74, 6) is 0.877. The molecule has 0 bridgehead atoms. The molecular weight excluding hydrogens is 266 g/mol. The largest absolute Gasteiger partial charge is 0.310 e. The molecule has 1 aliphatic carbocycles. The van der Waals surface area contributed by atoms with Crippen LogP contribution in [0.2, 0.25) is 5.02 Å². The Balaban J connectivity index is 2.18. The second kappa shape index (κ2) is 7.47. The lowest BCUT2D eigenvalue weighted by molar-refractivity contribution is 0.395.